The monoisotopic (exact) mass is 651 g/mol. The lowest BCUT2D eigenvalue weighted by atomic mass is 9.93. The first kappa shape index (κ1) is 29.0. The number of benzene rings is 8. The second kappa shape index (κ2) is 11.9. The minimum absolute atomic E-state index is 0.611. The largest absolute Gasteiger partial charge is 0.455 e. The molecule has 0 spiro atoms. The molecule has 0 fully saturated rings. The Hall–Kier alpha value is -6.91. The summed E-state index contributed by atoms with van der Waals surface area (Å²) in [6, 6.07) is 61.1. The predicted octanol–water partition coefficient (Wildman–Crippen LogP) is 12.4. The molecule has 0 saturated heterocycles. The molecule has 8 aromatic carbocycles. The van der Waals surface area contributed by atoms with Crippen molar-refractivity contribution in [3.8, 4) is 56.4 Å². The van der Waals surface area contributed by atoms with E-state index in [1.807, 2.05) is 42.5 Å². The van der Waals surface area contributed by atoms with Crippen molar-refractivity contribution in [3.63, 3.8) is 0 Å². The molecule has 2 heterocycles. The van der Waals surface area contributed by atoms with Crippen molar-refractivity contribution in [2.24, 2.45) is 0 Å². The van der Waals surface area contributed by atoms with Gasteiger partial charge in [-0.2, -0.15) is 0 Å². The van der Waals surface area contributed by atoms with Gasteiger partial charge in [-0.25, -0.2) is 15.0 Å². The van der Waals surface area contributed by atoms with Crippen molar-refractivity contribution in [3.05, 3.63) is 176 Å². The highest BCUT2D eigenvalue weighted by molar-refractivity contribution is 6.18. The third-order valence-corrected chi connectivity index (χ3v) is 9.68. The zero-order valence-electron chi connectivity index (χ0n) is 27.5. The van der Waals surface area contributed by atoms with Crippen LogP contribution in [0.15, 0.2) is 180 Å². The SMILES string of the molecule is c1ccc(-c2cccc(-c3c4ccccc4cc4c3oc3ccc(-c5nc(-c6ccccc6)nc(-c6ccc7ccccc7c6)n5)cc34)c2)cc1. The Labute approximate surface area is 294 Å². The zero-order valence-corrected chi connectivity index (χ0v) is 27.5. The highest BCUT2D eigenvalue weighted by atomic mass is 16.3. The fourth-order valence-electron chi connectivity index (χ4n) is 7.16. The van der Waals surface area contributed by atoms with Gasteiger partial charge >= 0.3 is 0 Å². The van der Waals surface area contributed by atoms with Gasteiger partial charge in [-0.05, 0) is 74.6 Å². The van der Waals surface area contributed by atoms with Crippen LogP contribution in [0.4, 0.5) is 0 Å². The number of nitrogens with zero attached hydrogens (tertiary/aromatic N) is 3. The Kier molecular flexibility index (Phi) is 6.78. The topological polar surface area (TPSA) is 51.8 Å². The molecule has 0 aliphatic carbocycles. The van der Waals surface area contributed by atoms with Crippen molar-refractivity contribution < 1.29 is 4.42 Å². The normalized spacial score (nSPS) is 11.5. The van der Waals surface area contributed by atoms with Gasteiger partial charge in [-0.3, -0.25) is 0 Å². The van der Waals surface area contributed by atoms with Gasteiger partial charge in [-0.15, -0.1) is 0 Å². The van der Waals surface area contributed by atoms with Crippen molar-refractivity contribution >= 4 is 43.5 Å². The third-order valence-electron chi connectivity index (χ3n) is 9.68. The number of hydrogen-bond donors (Lipinski definition) is 0. The summed E-state index contributed by atoms with van der Waals surface area (Å²) in [5, 5.41) is 6.69. The quantitative estimate of drug-likeness (QED) is 0.186. The Balaban J connectivity index is 1.17. The second-order valence-corrected chi connectivity index (χ2v) is 12.8. The number of aromatic nitrogens is 3. The van der Waals surface area contributed by atoms with Crippen molar-refractivity contribution in [1.82, 2.24) is 15.0 Å². The highest BCUT2D eigenvalue weighted by Crippen LogP contribution is 2.43. The summed E-state index contributed by atoms with van der Waals surface area (Å²) in [6.07, 6.45) is 0. The van der Waals surface area contributed by atoms with Crippen LogP contribution in [0.5, 0.6) is 0 Å². The van der Waals surface area contributed by atoms with Gasteiger partial charge in [0.1, 0.15) is 11.2 Å². The van der Waals surface area contributed by atoms with Crippen LogP contribution < -0.4 is 0 Å². The molecule has 10 rings (SSSR count). The molecule has 4 nitrogen and oxygen atoms in total. The average Bonchev–Trinajstić information content (AvgIpc) is 3.57. The highest BCUT2D eigenvalue weighted by Gasteiger charge is 2.19. The van der Waals surface area contributed by atoms with E-state index in [0.29, 0.717) is 17.5 Å². The summed E-state index contributed by atoms with van der Waals surface area (Å²) in [7, 11) is 0. The van der Waals surface area contributed by atoms with Gasteiger partial charge < -0.3 is 4.42 Å². The van der Waals surface area contributed by atoms with Crippen molar-refractivity contribution in [2.75, 3.05) is 0 Å². The molecule has 0 saturated carbocycles. The van der Waals surface area contributed by atoms with E-state index < -0.39 is 0 Å². The molecule has 0 amide bonds. The van der Waals surface area contributed by atoms with Crippen LogP contribution >= 0.6 is 0 Å². The molecule has 0 aliphatic rings. The van der Waals surface area contributed by atoms with Crippen LogP contribution in [0, 0.1) is 0 Å². The molecule has 4 heteroatoms. The van der Waals surface area contributed by atoms with Crippen LogP contribution in [0.2, 0.25) is 0 Å². The molecule has 0 N–H and O–H groups in total. The molecule has 0 radical (unpaired) electrons. The van der Waals surface area contributed by atoms with E-state index in [2.05, 4.69) is 133 Å². The standard InChI is InChI=1S/C47H29N3O/c1-3-12-30(13-4-1)34-19-11-20-36(26-34)43-39-21-10-9-18-35(39)28-41-40-29-38(24-25-42(40)51-44(41)43)47-49-45(32-15-5-2-6-16-32)48-46(50-47)37-23-22-31-14-7-8-17-33(31)27-37/h1-29H. The molecule has 0 unspecified atom stereocenters. The second-order valence-electron chi connectivity index (χ2n) is 12.8. The van der Waals surface area contributed by atoms with E-state index >= 15 is 0 Å². The number of fused-ring (bicyclic) bond motifs is 5. The van der Waals surface area contributed by atoms with Crippen molar-refractivity contribution in [2.45, 2.75) is 0 Å². The Bertz CT molecular complexity index is 2910. The summed E-state index contributed by atoms with van der Waals surface area (Å²) in [4.78, 5) is 15.1. The molecule has 0 aliphatic heterocycles. The van der Waals surface area contributed by atoms with Crippen LogP contribution in [0.25, 0.3) is 99.9 Å². The Morgan fingerprint density at radius 2 is 0.902 bits per heavy atom. The first-order chi connectivity index (χ1) is 25.2. The Morgan fingerprint density at radius 3 is 1.69 bits per heavy atom. The minimum atomic E-state index is 0.611. The molecular formula is C47H29N3O. The maximum atomic E-state index is 6.76. The van der Waals surface area contributed by atoms with Gasteiger partial charge in [0.2, 0.25) is 0 Å². The third kappa shape index (κ3) is 5.13. The van der Waals surface area contributed by atoms with Gasteiger partial charge in [0.15, 0.2) is 17.5 Å². The van der Waals surface area contributed by atoms with Crippen LogP contribution in [-0.2, 0) is 0 Å². The van der Waals surface area contributed by atoms with E-state index in [1.165, 1.54) is 16.5 Å². The maximum Gasteiger partial charge on any atom is 0.164 e. The summed E-state index contributed by atoms with van der Waals surface area (Å²) in [6.45, 7) is 0. The maximum absolute atomic E-state index is 6.76. The lowest BCUT2D eigenvalue weighted by Gasteiger charge is -2.10. The summed E-state index contributed by atoms with van der Waals surface area (Å²) < 4.78 is 6.76. The first-order valence-corrected chi connectivity index (χ1v) is 17.1. The lowest BCUT2D eigenvalue weighted by Crippen LogP contribution is -2.00. The van der Waals surface area contributed by atoms with E-state index in [9.17, 15) is 0 Å². The van der Waals surface area contributed by atoms with Crippen LogP contribution in [0.3, 0.4) is 0 Å². The first-order valence-electron chi connectivity index (χ1n) is 17.1. The molecule has 0 bridgehead atoms. The van der Waals surface area contributed by atoms with Crippen LogP contribution in [0.1, 0.15) is 0 Å². The Morgan fingerprint density at radius 1 is 0.314 bits per heavy atom. The zero-order chi connectivity index (χ0) is 33.7. The smallest absolute Gasteiger partial charge is 0.164 e. The fourth-order valence-corrected chi connectivity index (χ4v) is 7.16. The van der Waals surface area contributed by atoms with Gasteiger partial charge in [-0.1, -0.05) is 140 Å². The molecule has 51 heavy (non-hydrogen) atoms. The van der Waals surface area contributed by atoms with Gasteiger partial charge in [0.05, 0.1) is 0 Å². The summed E-state index contributed by atoms with van der Waals surface area (Å²) in [5.74, 6) is 1.88. The molecular weight excluding hydrogens is 623 g/mol. The summed E-state index contributed by atoms with van der Waals surface area (Å²) in [5.41, 5.74) is 9.00. The van der Waals surface area contributed by atoms with Crippen LogP contribution in [-0.4, -0.2) is 15.0 Å². The van der Waals surface area contributed by atoms with E-state index in [4.69, 9.17) is 19.4 Å². The molecule has 2 aromatic heterocycles. The van der Waals surface area contributed by atoms with E-state index in [-0.39, 0.29) is 0 Å². The van der Waals surface area contributed by atoms with E-state index in [0.717, 1.165) is 65.9 Å². The minimum Gasteiger partial charge on any atom is -0.455 e. The molecule has 238 valence electrons. The molecule has 0 atom stereocenters. The van der Waals surface area contributed by atoms with Crippen molar-refractivity contribution in [1.29, 1.82) is 0 Å². The number of rotatable bonds is 5. The lowest BCUT2D eigenvalue weighted by molar-refractivity contribution is 0.670. The van der Waals surface area contributed by atoms with Gasteiger partial charge in [0.25, 0.3) is 0 Å². The number of hydrogen-bond acceptors (Lipinski definition) is 4. The van der Waals surface area contributed by atoms with E-state index in [1.54, 1.807) is 0 Å². The molecule has 10 aromatic rings. The predicted molar refractivity (Wildman–Crippen MR) is 209 cm³/mol. The van der Waals surface area contributed by atoms with Gasteiger partial charge in [0, 0.05) is 33.0 Å². The number of furan rings is 1. The fraction of sp³-hybridized carbons (Fsp3) is 0. The summed E-state index contributed by atoms with van der Waals surface area (Å²) >= 11 is 0. The average molecular weight is 652 g/mol.